The highest BCUT2D eigenvalue weighted by atomic mass is 16.3. The van der Waals surface area contributed by atoms with Crippen molar-refractivity contribution >= 4 is 0 Å². The maximum atomic E-state index is 11.7. The molecule has 1 fully saturated rings. The minimum atomic E-state index is -0.537. The van der Waals surface area contributed by atoms with Gasteiger partial charge in [0.05, 0.1) is 5.56 Å². The summed E-state index contributed by atoms with van der Waals surface area (Å²) in [5.41, 5.74) is -0.867. The Morgan fingerprint density at radius 1 is 1.30 bits per heavy atom. The molecule has 2 heterocycles. The van der Waals surface area contributed by atoms with Crippen molar-refractivity contribution in [2.75, 3.05) is 13.1 Å². The summed E-state index contributed by atoms with van der Waals surface area (Å²) in [6.45, 7) is 6.17. The van der Waals surface area contributed by atoms with E-state index in [1.165, 1.54) is 30.8 Å². The Morgan fingerprint density at radius 2 is 2.05 bits per heavy atom. The van der Waals surface area contributed by atoms with Crippen molar-refractivity contribution in [2.45, 2.75) is 52.1 Å². The van der Waals surface area contributed by atoms with Crippen molar-refractivity contribution < 1.29 is 5.11 Å². The molecule has 0 aromatic carbocycles. The summed E-state index contributed by atoms with van der Waals surface area (Å²) in [7, 11) is 0. The van der Waals surface area contributed by atoms with Crippen LogP contribution >= 0.6 is 0 Å². The van der Waals surface area contributed by atoms with E-state index in [4.69, 9.17) is 0 Å². The fourth-order valence-electron chi connectivity index (χ4n) is 2.79. The lowest BCUT2D eigenvalue weighted by Gasteiger charge is -2.33. The third-order valence-corrected chi connectivity index (χ3v) is 4.16. The highest BCUT2D eigenvalue weighted by Crippen LogP contribution is 2.17. The van der Waals surface area contributed by atoms with Crippen molar-refractivity contribution in [1.29, 1.82) is 0 Å². The second kappa shape index (κ2) is 6.26. The van der Waals surface area contributed by atoms with E-state index in [2.05, 4.69) is 16.8 Å². The quantitative estimate of drug-likeness (QED) is 0.856. The second-order valence-corrected chi connectivity index (χ2v) is 5.59. The molecule has 2 N–H and O–H groups in total. The molecule has 1 aliphatic rings. The molecule has 0 saturated carbocycles. The van der Waals surface area contributed by atoms with Crippen LogP contribution in [-0.2, 0) is 6.54 Å². The fraction of sp³-hybridized carbons (Fsp3) is 0.714. The van der Waals surface area contributed by atoms with E-state index >= 15 is 0 Å². The predicted molar refractivity (Wildman–Crippen MR) is 77.2 cm³/mol. The molecule has 1 unspecified atom stereocenters. The molecule has 1 aromatic rings. The summed E-state index contributed by atoms with van der Waals surface area (Å²) in [5, 5.41) is 9.88. The van der Waals surface area contributed by atoms with Gasteiger partial charge in [-0.05, 0) is 39.7 Å². The monoisotopic (exact) mass is 281 g/mol. The Balaban J connectivity index is 1.99. The van der Waals surface area contributed by atoms with Gasteiger partial charge in [-0.1, -0.05) is 6.42 Å². The molecule has 0 spiro atoms. The summed E-state index contributed by atoms with van der Waals surface area (Å²) in [4.78, 5) is 27.7. The van der Waals surface area contributed by atoms with Crippen LogP contribution in [0.15, 0.2) is 9.59 Å². The molecule has 1 saturated heterocycles. The lowest BCUT2D eigenvalue weighted by atomic mass is 10.0. The molecule has 0 aliphatic carbocycles. The molecule has 1 aliphatic heterocycles. The van der Waals surface area contributed by atoms with Crippen molar-refractivity contribution in [3.05, 3.63) is 26.4 Å². The zero-order valence-electron chi connectivity index (χ0n) is 12.2. The summed E-state index contributed by atoms with van der Waals surface area (Å²) >= 11 is 0. The molecule has 20 heavy (non-hydrogen) atoms. The standard InChI is InChI=1S/C14H23N3O3/c1-10-6-3-4-7-16(10)8-5-9-17-13(19)11(2)12(18)15-14(17)20/h10,19H,3-9H2,1-2H3,(H,15,18,20). The van der Waals surface area contributed by atoms with E-state index in [1.807, 2.05) is 0 Å². The maximum absolute atomic E-state index is 11.7. The Labute approximate surface area is 118 Å². The number of rotatable bonds is 4. The summed E-state index contributed by atoms with van der Waals surface area (Å²) in [5.74, 6) is -0.217. The Morgan fingerprint density at radius 3 is 2.75 bits per heavy atom. The first-order valence-electron chi connectivity index (χ1n) is 7.27. The van der Waals surface area contributed by atoms with Crippen LogP contribution in [0.1, 0.15) is 38.2 Å². The van der Waals surface area contributed by atoms with Gasteiger partial charge in [-0.3, -0.25) is 14.3 Å². The molecule has 0 radical (unpaired) electrons. The molecular weight excluding hydrogens is 258 g/mol. The number of nitrogens with one attached hydrogen (secondary N) is 1. The van der Waals surface area contributed by atoms with Crippen LogP contribution in [0.3, 0.4) is 0 Å². The topological polar surface area (TPSA) is 78.3 Å². The number of hydrogen-bond acceptors (Lipinski definition) is 4. The van der Waals surface area contributed by atoms with Gasteiger partial charge in [0.2, 0.25) is 5.88 Å². The van der Waals surface area contributed by atoms with Gasteiger partial charge in [-0.15, -0.1) is 0 Å². The van der Waals surface area contributed by atoms with E-state index in [9.17, 15) is 14.7 Å². The van der Waals surface area contributed by atoms with E-state index in [0.29, 0.717) is 12.6 Å². The zero-order chi connectivity index (χ0) is 14.7. The maximum Gasteiger partial charge on any atom is 0.331 e. The minimum absolute atomic E-state index is 0.191. The lowest BCUT2D eigenvalue weighted by molar-refractivity contribution is 0.156. The highest BCUT2D eigenvalue weighted by Gasteiger charge is 2.17. The van der Waals surface area contributed by atoms with Crippen LogP contribution < -0.4 is 11.2 Å². The van der Waals surface area contributed by atoms with Gasteiger partial charge in [0.25, 0.3) is 5.56 Å². The number of piperidine rings is 1. The Kier molecular flexibility index (Phi) is 4.65. The molecule has 1 aromatic heterocycles. The SMILES string of the molecule is Cc1c(O)n(CCCN2CCCCC2C)c(=O)[nH]c1=O. The summed E-state index contributed by atoms with van der Waals surface area (Å²) in [6, 6.07) is 0.589. The lowest BCUT2D eigenvalue weighted by Crippen LogP contribution is -2.39. The smallest absolute Gasteiger partial charge is 0.331 e. The third-order valence-electron chi connectivity index (χ3n) is 4.16. The first kappa shape index (κ1) is 14.8. The molecule has 6 nitrogen and oxygen atoms in total. The van der Waals surface area contributed by atoms with Crippen LogP contribution in [0, 0.1) is 6.92 Å². The van der Waals surface area contributed by atoms with Gasteiger partial charge in [0.15, 0.2) is 0 Å². The number of H-pyrrole nitrogens is 1. The minimum Gasteiger partial charge on any atom is -0.494 e. The van der Waals surface area contributed by atoms with Crippen LogP contribution in [0.4, 0.5) is 0 Å². The molecule has 0 bridgehead atoms. The molecule has 6 heteroatoms. The van der Waals surface area contributed by atoms with E-state index in [1.54, 1.807) is 0 Å². The second-order valence-electron chi connectivity index (χ2n) is 5.59. The number of hydrogen-bond donors (Lipinski definition) is 2. The molecule has 0 amide bonds. The van der Waals surface area contributed by atoms with Crippen molar-refractivity contribution in [1.82, 2.24) is 14.5 Å². The molecule has 112 valence electrons. The van der Waals surface area contributed by atoms with Gasteiger partial charge >= 0.3 is 5.69 Å². The molecule has 1 atom stereocenters. The Hall–Kier alpha value is -1.56. The van der Waals surface area contributed by atoms with Gasteiger partial charge in [0.1, 0.15) is 0 Å². The first-order chi connectivity index (χ1) is 9.50. The van der Waals surface area contributed by atoms with Gasteiger partial charge in [0, 0.05) is 19.1 Å². The summed E-state index contributed by atoms with van der Waals surface area (Å²) < 4.78 is 1.24. The Bertz CT molecular complexity index is 576. The molecular formula is C14H23N3O3. The average molecular weight is 281 g/mol. The van der Waals surface area contributed by atoms with Gasteiger partial charge < -0.3 is 10.0 Å². The molecule has 2 rings (SSSR count). The number of likely N-dealkylation sites (tertiary alicyclic amines) is 1. The van der Waals surface area contributed by atoms with Crippen LogP contribution in [0.25, 0.3) is 0 Å². The normalized spacial score (nSPS) is 20.2. The largest absolute Gasteiger partial charge is 0.494 e. The van der Waals surface area contributed by atoms with Gasteiger partial charge in [-0.25, -0.2) is 4.79 Å². The first-order valence-corrected chi connectivity index (χ1v) is 7.27. The van der Waals surface area contributed by atoms with Crippen LogP contribution in [0.5, 0.6) is 5.88 Å². The van der Waals surface area contributed by atoms with E-state index in [0.717, 1.165) is 19.5 Å². The number of aromatic hydroxyl groups is 1. The van der Waals surface area contributed by atoms with Crippen LogP contribution in [0.2, 0.25) is 0 Å². The van der Waals surface area contributed by atoms with Crippen LogP contribution in [-0.4, -0.2) is 38.7 Å². The van der Waals surface area contributed by atoms with E-state index in [-0.39, 0.29) is 11.4 Å². The van der Waals surface area contributed by atoms with Gasteiger partial charge in [-0.2, -0.15) is 0 Å². The fourth-order valence-corrected chi connectivity index (χ4v) is 2.79. The highest BCUT2D eigenvalue weighted by molar-refractivity contribution is 5.20. The van der Waals surface area contributed by atoms with Crippen molar-refractivity contribution in [3.63, 3.8) is 0 Å². The number of nitrogens with zero attached hydrogens (tertiary/aromatic N) is 2. The van der Waals surface area contributed by atoms with E-state index < -0.39 is 11.2 Å². The third kappa shape index (κ3) is 3.12. The average Bonchev–Trinajstić information content (AvgIpc) is 2.42. The van der Waals surface area contributed by atoms with Crippen molar-refractivity contribution in [3.8, 4) is 5.88 Å². The predicted octanol–water partition coefficient (Wildman–Crippen LogP) is 0.815. The summed E-state index contributed by atoms with van der Waals surface area (Å²) in [6.07, 6.45) is 4.52. The number of aromatic nitrogens is 2. The van der Waals surface area contributed by atoms with Crippen molar-refractivity contribution in [2.24, 2.45) is 0 Å². The zero-order valence-corrected chi connectivity index (χ0v) is 12.2. The number of aromatic amines is 1.